The Morgan fingerprint density at radius 1 is 1.04 bits per heavy atom. The first-order chi connectivity index (χ1) is 11.3. The van der Waals surface area contributed by atoms with Crippen molar-refractivity contribution in [2.75, 3.05) is 26.3 Å². The van der Waals surface area contributed by atoms with Gasteiger partial charge in [0.1, 0.15) is 0 Å². The van der Waals surface area contributed by atoms with E-state index in [4.69, 9.17) is 9.47 Å². The van der Waals surface area contributed by atoms with Gasteiger partial charge in [-0.1, -0.05) is 18.2 Å². The molecule has 0 bridgehead atoms. The van der Waals surface area contributed by atoms with Gasteiger partial charge in [-0.3, -0.25) is 4.79 Å². The number of likely N-dealkylation sites (tertiary alicyclic amines) is 1. The largest absolute Gasteiger partial charge is 0.347 e. The van der Waals surface area contributed by atoms with Crippen LogP contribution in [-0.4, -0.2) is 52.7 Å². The monoisotopic (exact) mass is 313 g/mol. The maximum atomic E-state index is 12.6. The number of benzene rings is 1. The van der Waals surface area contributed by atoms with Crippen molar-refractivity contribution in [1.29, 1.82) is 0 Å². The molecule has 23 heavy (non-hydrogen) atoms. The molecule has 4 rings (SSSR count). The van der Waals surface area contributed by atoms with E-state index in [0.29, 0.717) is 32.0 Å². The maximum absolute atomic E-state index is 12.6. The zero-order valence-electron chi connectivity index (χ0n) is 12.9. The van der Waals surface area contributed by atoms with Crippen molar-refractivity contribution >= 4 is 5.91 Å². The molecule has 1 aromatic carbocycles. The van der Waals surface area contributed by atoms with E-state index in [9.17, 15) is 4.79 Å². The van der Waals surface area contributed by atoms with Crippen LogP contribution in [0.3, 0.4) is 0 Å². The molecule has 2 aliphatic rings. The van der Waals surface area contributed by atoms with Crippen LogP contribution in [0.5, 0.6) is 0 Å². The van der Waals surface area contributed by atoms with Crippen LogP contribution in [0.1, 0.15) is 23.3 Å². The number of rotatable bonds is 2. The molecule has 0 saturated carbocycles. The summed E-state index contributed by atoms with van der Waals surface area (Å²) in [5.41, 5.74) is 1.41. The van der Waals surface area contributed by atoms with Gasteiger partial charge in [-0.25, -0.2) is 4.68 Å². The maximum Gasteiger partial charge on any atom is 0.274 e. The lowest BCUT2D eigenvalue weighted by molar-refractivity contribution is -0.181. The number of carbonyl (C=O) groups excluding carboxylic acids is 1. The average molecular weight is 313 g/mol. The smallest absolute Gasteiger partial charge is 0.274 e. The van der Waals surface area contributed by atoms with E-state index in [1.54, 1.807) is 10.7 Å². The molecule has 0 aliphatic carbocycles. The lowest BCUT2D eigenvalue weighted by atomic mass is 10.0. The number of para-hydroxylation sites is 1. The zero-order valence-corrected chi connectivity index (χ0v) is 12.9. The van der Waals surface area contributed by atoms with Gasteiger partial charge < -0.3 is 14.4 Å². The summed E-state index contributed by atoms with van der Waals surface area (Å²) in [4.78, 5) is 14.4. The second-order valence-electron chi connectivity index (χ2n) is 5.88. The highest BCUT2D eigenvalue weighted by Crippen LogP contribution is 2.31. The first kappa shape index (κ1) is 14.4. The molecule has 6 nitrogen and oxygen atoms in total. The molecule has 2 fully saturated rings. The number of piperidine rings is 1. The minimum absolute atomic E-state index is 0.0347. The minimum atomic E-state index is -0.458. The first-order valence-corrected chi connectivity index (χ1v) is 7.94. The third-order valence-corrected chi connectivity index (χ3v) is 4.45. The van der Waals surface area contributed by atoms with E-state index >= 15 is 0 Å². The summed E-state index contributed by atoms with van der Waals surface area (Å²) >= 11 is 0. The molecule has 1 aromatic heterocycles. The third-order valence-electron chi connectivity index (χ3n) is 4.45. The molecule has 3 heterocycles. The van der Waals surface area contributed by atoms with Crippen LogP contribution in [-0.2, 0) is 9.47 Å². The van der Waals surface area contributed by atoms with Crippen molar-refractivity contribution in [2.24, 2.45) is 0 Å². The normalized spacial score (nSPS) is 20.1. The second kappa shape index (κ2) is 5.79. The van der Waals surface area contributed by atoms with Gasteiger partial charge >= 0.3 is 0 Å². The minimum Gasteiger partial charge on any atom is -0.347 e. The Kier molecular flexibility index (Phi) is 3.63. The first-order valence-electron chi connectivity index (χ1n) is 7.94. The van der Waals surface area contributed by atoms with E-state index < -0.39 is 5.79 Å². The van der Waals surface area contributed by atoms with E-state index in [0.717, 1.165) is 18.5 Å². The van der Waals surface area contributed by atoms with Crippen LogP contribution in [0.4, 0.5) is 0 Å². The zero-order chi connectivity index (χ0) is 15.7. The Labute approximate surface area is 134 Å². The van der Waals surface area contributed by atoms with E-state index in [-0.39, 0.29) is 5.91 Å². The predicted octanol–water partition coefficient (Wildman–Crippen LogP) is 1.85. The Hall–Kier alpha value is -2.18. The number of carbonyl (C=O) groups is 1. The fraction of sp³-hybridized carbons (Fsp3) is 0.412. The van der Waals surface area contributed by atoms with Crippen molar-refractivity contribution in [3.8, 4) is 5.69 Å². The standard InChI is InChI=1S/C17H19N3O3/c21-16(19-10-7-17(8-11-19)22-12-13-23-17)15-6-9-20(18-15)14-4-2-1-3-5-14/h1-6,9H,7-8,10-13H2. The van der Waals surface area contributed by atoms with Crippen LogP contribution in [0.2, 0.25) is 0 Å². The van der Waals surface area contributed by atoms with Crippen LogP contribution >= 0.6 is 0 Å². The second-order valence-corrected chi connectivity index (χ2v) is 5.88. The van der Waals surface area contributed by atoms with Crippen molar-refractivity contribution < 1.29 is 14.3 Å². The van der Waals surface area contributed by atoms with Gasteiger partial charge in [-0.2, -0.15) is 5.10 Å². The van der Waals surface area contributed by atoms with Gasteiger partial charge in [0.2, 0.25) is 0 Å². The highest BCUT2D eigenvalue weighted by molar-refractivity contribution is 5.92. The number of nitrogens with zero attached hydrogens (tertiary/aromatic N) is 3. The van der Waals surface area contributed by atoms with Crippen LogP contribution < -0.4 is 0 Å². The number of aromatic nitrogens is 2. The highest BCUT2D eigenvalue weighted by atomic mass is 16.7. The molecule has 1 amide bonds. The van der Waals surface area contributed by atoms with Gasteiger partial charge in [0, 0.05) is 32.1 Å². The summed E-state index contributed by atoms with van der Waals surface area (Å²) in [6, 6.07) is 11.5. The summed E-state index contributed by atoms with van der Waals surface area (Å²) in [5, 5.41) is 4.41. The average Bonchev–Trinajstić information content (AvgIpc) is 3.26. The van der Waals surface area contributed by atoms with Gasteiger partial charge in [-0.15, -0.1) is 0 Å². The summed E-state index contributed by atoms with van der Waals surface area (Å²) in [6.45, 7) is 2.57. The van der Waals surface area contributed by atoms with E-state index in [1.165, 1.54) is 0 Å². The molecular formula is C17H19N3O3. The van der Waals surface area contributed by atoms with E-state index in [2.05, 4.69) is 5.10 Å². The van der Waals surface area contributed by atoms with Gasteiger partial charge in [0.15, 0.2) is 11.5 Å². The number of hydrogen-bond acceptors (Lipinski definition) is 4. The molecular weight excluding hydrogens is 294 g/mol. The van der Waals surface area contributed by atoms with Gasteiger partial charge in [0.25, 0.3) is 5.91 Å². The number of ether oxygens (including phenoxy) is 2. The lowest BCUT2D eigenvalue weighted by Crippen LogP contribution is -2.47. The molecule has 0 radical (unpaired) electrons. The molecule has 2 saturated heterocycles. The molecule has 0 N–H and O–H groups in total. The summed E-state index contributed by atoms with van der Waals surface area (Å²) < 4.78 is 13.1. The Morgan fingerprint density at radius 3 is 2.43 bits per heavy atom. The quantitative estimate of drug-likeness (QED) is 0.849. The molecule has 2 aliphatic heterocycles. The van der Waals surface area contributed by atoms with Crippen LogP contribution in [0, 0.1) is 0 Å². The fourth-order valence-electron chi connectivity index (χ4n) is 3.16. The Morgan fingerprint density at radius 2 is 1.74 bits per heavy atom. The van der Waals surface area contributed by atoms with E-state index in [1.807, 2.05) is 41.4 Å². The highest BCUT2D eigenvalue weighted by Gasteiger charge is 2.41. The molecule has 1 spiro atoms. The molecule has 0 unspecified atom stereocenters. The Bertz CT molecular complexity index is 682. The predicted molar refractivity (Wildman–Crippen MR) is 83.3 cm³/mol. The Balaban J connectivity index is 1.45. The van der Waals surface area contributed by atoms with Crippen molar-refractivity contribution in [3.63, 3.8) is 0 Å². The lowest BCUT2D eigenvalue weighted by Gasteiger charge is -2.37. The molecule has 2 aromatic rings. The molecule has 6 heteroatoms. The van der Waals surface area contributed by atoms with Gasteiger partial charge in [-0.05, 0) is 18.2 Å². The van der Waals surface area contributed by atoms with Gasteiger partial charge in [0.05, 0.1) is 18.9 Å². The number of hydrogen-bond donors (Lipinski definition) is 0. The summed E-state index contributed by atoms with van der Waals surface area (Å²) in [6.07, 6.45) is 3.26. The SMILES string of the molecule is O=C(c1ccn(-c2ccccc2)n1)N1CCC2(CC1)OCCO2. The van der Waals surface area contributed by atoms with Crippen LogP contribution in [0.25, 0.3) is 5.69 Å². The topological polar surface area (TPSA) is 56.6 Å². The summed E-state index contributed by atoms with van der Waals surface area (Å²) in [7, 11) is 0. The van der Waals surface area contributed by atoms with Crippen molar-refractivity contribution in [3.05, 3.63) is 48.3 Å². The molecule has 0 atom stereocenters. The van der Waals surface area contributed by atoms with Crippen molar-refractivity contribution in [1.82, 2.24) is 14.7 Å². The molecule has 120 valence electrons. The summed E-state index contributed by atoms with van der Waals surface area (Å²) in [5.74, 6) is -0.493. The van der Waals surface area contributed by atoms with Crippen LogP contribution in [0.15, 0.2) is 42.6 Å². The third kappa shape index (κ3) is 2.75. The van der Waals surface area contributed by atoms with Crippen molar-refractivity contribution in [2.45, 2.75) is 18.6 Å². The number of amides is 1. The fourth-order valence-corrected chi connectivity index (χ4v) is 3.16.